The van der Waals surface area contributed by atoms with Gasteiger partial charge in [-0.05, 0) is 54.6 Å². The molecule has 1 aliphatic heterocycles. The van der Waals surface area contributed by atoms with Crippen molar-refractivity contribution < 1.29 is 9.53 Å². The van der Waals surface area contributed by atoms with Gasteiger partial charge in [0.1, 0.15) is 11.4 Å². The second kappa shape index (κ2) is 11.8. The molecule has 196 valence electrons. The average Bonchev–Trinajstić information content (AvgIpc) is 3.40. The van der Waals surface area contributed by atoms with Crippen LogP contribution in [0.5, 0.6) is 5.75 Å². The highest BCUT2D eigenvalue weighted by atomic mass is 35.5. The van der Waals surface area contributed by atoms with E-state index in [1.807, 2.05) is 65.5 Å². The molecule has 2 aromatic carbocycles. The highest BCUT2D eigenvalue weighted by molar-refractivity contribution is 6.32. The maximum Gasteiger partial charge on any atom is 0.238 e. The van der Waals surface area contributed by atoms with E-state index in [4.69, 9.17) is 21.4 Å². The lowest BCUT2D eigenvalue weighted by Crippen LogP contribution is -2.48. The number of pyridine rings is 1. The molecule has 0 unspecified atom stereocenters. The quantitative estimate of drug-likeness (QED) is 0.351. The van der Waals surface area contributed by atoms with Crippen LogP contribution in [0.3, 0.4) is 0 Å². The summed E-state index contributed by atoms with van der Waals surface area (Å²) in [6.07, 6.45) is 5.51. The standard InChI is InChI=1S/C29H31ClN6O2/c1-3-34-13-15-35(16-14-34)20-28(37)32-23-5-4-6-24(18-23)36-19-25(21-9-11-31-12-10-21)29(33-36)22-7-8-26(30)27(17-22)38-2/h4-12,17-19H,3,13-16,20H2,1-2H3,(H,32,37). The minimum absolute atomic E-state index is 0.0148. The summed E-state index contributed by atoms with van der Waals surface area (Å²) in [5, 5.41) is 8.53. The number of carbonyl (C=O) groups excluding carboxylic acids is 1. The molecule has 2 aromatic heterocycles. The molecule has 0 radical (unpaired) electrons. The van der Waals surface area contributed by atoms with Gasteiger partial charge in [0, 0.05) is 61.6 Å². The third-order valence-electron chi connectivity index (χ3n) is 6.80. The van der Waals surface area contributed by atoms with Crippen LogP contribution in [0.15, 0.2) is 73.2 Å². The van der Waals surface area contributed by atoms with Crippen molar-refractivity contribution in [1.82, 2.24) is 24.6 Å². The zero-order chi connectivity index (χ0) is 26.5. The summed E-state index contributed by atoms with van der Waals surface area (Å²) in [6.45, 7) is 7.43. The van der Waals surface area contributed by atoms with Gasteiger partial charge in [-0.15, -0.1) is 0 Å². The van der Waals surface area contributed by atoms with Gasteiger partial charge < -0.3 is 15.0 Å². The van der Waals surface area contributed by atoms with E-state index in [9.17, 15) is 4.79 Å². The van der Waals surface area contributed by atoms with Gasteiger partial charge in [-0.1, -0.05) is 30.7 Å². The molecule has 9 heteroatoms. The van der Waals surface area contributed by atoms with Crippen LogP contribution in [0, 0.1) is 0 Å². The first kappa shape index (κ1) is 25.9. The molecule has 8 nitrogen and oxygen atoms in total. The van der Waals surface area contributed by atoms with E-state index in [2.05, 4.69) is 27.0 Å². The molecule has 1 saturated heterocycles. The van der Waals surface area contributed by atoms with Crippen LogP contribution in [0.1, 0.15) is 6.92 Å². The molecule has 0 atom stereocenters. The first-order valence-corrected chi connectivity index (χ1v) is 13.1. The van der Waals surface area contributed by atoms with E-state index in [1.54, 1.807) is 19.5 Å². The molecular weight excluding hydrogens is 500 g/mol. The van der Waals surface area contributed by atoms with Crippen molar-refractivity contribution in [3.8, 4) is 33.8 Å². The molecule has 0 aliphatic carbocycles. The molecule has 4 aromatic rings. The zero-order valence-electron chi connectivity index (χ0n) is 21.6. The van der Waals surface area contributed by atoms with E-state index in [-0.39, 0.29) is 5.91 Å². The molecular formula is C29H31ClN6O2. The molecule has 1 N–H and O–H groups in total. The second-order valence-corrected chi connectivity index (χ2v) is 9.64. The Morgan fingerprint density at radius 2 is 1.76 bits per heavy atom. The molecule has 3 heterocycles. The van der Waals surface area contributed by atoms with E-state index in [0.717, 1.165) is 66.5 Å². The van der Waals surface area contributed by atoms with Crippen molar-refractivity contribution >= 4 is 23.2 Å². The zero-order valence-corrected chi connectivity index (χ0v) is 22.4. The normalized spacial score (nSPS) is 14.4. The fourth-order valence-electron chi connectivity index (χ4n) is 4.66. The van der Waals surface area contributed by atoms with Gasteiger partial charge in [-0.2, -0.15) is 5.10 Å². The summed E-state index contributed by atoms with van der Waals surface area (Å²) < 4.78 is 7.26. The molecule has 0 saturated carbocycles. The summed E-state index contributed by atoms with van der Waals surface area (Å²) in [6, 6.07) is 17.2. The number of carbonyl (C=O) groups is 1. The number of benzene rings is 2. The molecule has 0 bridgehead atoms. The monoisotopic (exact) mass is 530 g/mol. The summed E-state index contributed by atoms with van der Waals surface area (Å²) in [4.78, 5) is 21.5. The van der Waals surface area contributed by atoms with Gasteiger partial charge in [-0.3, -0.25) is 14.7 Å². The largest absolute Gasteiger partial charge is 0.495 e. The van der Waals surface area contributed by atoms with Crippen LogP contribution in [0.4, 0.5) is 5.69 Å². The molecule has 1 amide bonds. The molecule has 1 fully saturated rings. The van der Waals surface area contributed by atoms with Crippen LogP contribution < -0.4 is 10.1 Å². The lowest BCUT2D eigenvalue weighted by Gasteiger charge is -2.33. The fraction of sp³-hybridized carbons (Fsp3) is 0.276. The first-order valence-electron chi connectivity index (χ1n) is 12.7. The first-order chi connectivity index (χ1) is 18.5. The molecule has 0 spiro atoms. The maximum atomic E-state index is 12.8. The van der Waals surface area contributed by atoms with Crippen LogP contribution in [-0.2, 0) is 4.79 Å². The number of nitrogens with one attached hydrogen (secondary N) is 1. The number of ether oxygens (including phenoxy) is 1. The summed E-state index contributed by atoms with van der Waals surface area (Å²) in [5.41, 5.74) is 5.16. The Morgan fingerprint density at radius 1 is 1.00 bits per heavy atom. The second-order valence-electron chi connectivity index (χ2n) is 9.23. The van der Waals surface area contributed by atoms with Crippen molar-refractivity contribution in [3.05, 3.63) is 78.2 Å². The molecule has 5 rings (SSSR count). The number of amides is 1. The van der Waals surface area contributed by atoms with E-state index < -0.39 is 0 Å². The van der Waals surface area contributed by atoms with Crippen molar-refractivity contribution in [2.45, 2.75) is 6.92 Å². The minimum Gasteiger partial charge on any atom is -0.495 e. The number of halogens is 1. The lowest BCUT2D eigenvalue weighted by molar-refractivity contribution is -0.117. The maximum absolute atomic E-state index is 12.8. The number of likely N-dealkylation sites (N-methyl/N-ethyl adjacent to an activating group) is 1. The predicted molar refractivity (Wildman–Crippen MR) is 151 cm³/mol. The van der Waals surface area contributed by atoms with E-state index in [0.29, 0.717) is 17.3 Å². The van der Waals surface area contributed by atoms with Crippen molar-refractivity contribution in [2.24, 2.45) is 0 Å². The number of aromatic nitrogens is 3. The number of hydrogen-bond donors (Lipinski definition) is 1. The Labute approximate surface area is 227 Å². The number of piperazine rings is 1. The van der Waals surface area contributed by atoms with Gasteiger partial charge in [-0.25, -0.2) is 4.68 Å². The average molecular weight is 531 g/mol. The predicted octanol–water partition coefficient (Wildman–Crippen LogP) is 4.84. The third kappa shape index (κ3) is 5.88. The highest BCUT2D eigenvalue weighted by Gasteiger charge is 2.19. The molecule has 1 aliphatic rings. The van der Waals surface area contributed by atoms with Gasteiger partial charge in [0.2, 0.25) is 5.91 Å². The lowest BCUT2D eigenvalue weighted by atomic mass is 10.0. The Hall–Kier alpha value is -3.72. The Bertz CT molecular complexity index is 1400. The SMILES string of the molecule is CCN1CCN(CC(=O)Nc2cccc(-n3cc(-c4ccncc4)c(-c4ccc(Cl)c(OC)c4)n3)c2)CC1. The van der Waals surface area contributed by atoms with Crippen LogP contribution in [0.25, 0.3) is 28.1 Å². The van der Waals surface area contributed by atoms with Crippen LogP contribution in [-0.4, -0.2) is 76.8 Å². The topological polar surface area (TPSA) is 75.5 Å². The summed E-state index contributed by atoms with van der Waals surface area (Å²) >= 11 is 6.28. The van der Waals surface area contributed by atoms with Gasteiger partial charge in [0.15, 0.2) is 0 Å². The Balaban J connectivity index is 1.40. The fourth-order valence-corrected chi connectivity index (χ4v) is 4.86. The smallest absolute Gasteiger partial charge is 0.238 e. The van der Waals surface area contributed by atoms with Gasteiger partial charge in [0.25, 0.3) is 0 Å². The number of methoxy groups -OCH3 is 1. The van der Waals surface area contributed by atoms with Crippen LogP contribution >= 0.6 is 11.6 Å². The van der Waals surface area contributed by atoms with E-state index >= 15 is 0 Å². The highest BCUT2D eigenvalue weighted by Crippen LogP contribution is 2.36. The number of anilines is 1. The molecule has 38 heavy (non-hydrogen) atoms. The number of rotatable bonds is 8. The number of nitrogens with zero attached hydrogens (tertiary/aromatic N) is 5. The Morgan fingerprint density at radius 3 is 2.50 bits per heavy atom. The van der Waals surface area contributed by atoms with Gasteiger partial charge >= 0.3 is 0 Å². The van der Waals surface area contributed by atoms with Gasteiger partial charge in [0.05, 0.1) is 24.4 Å². The van der Waals surface area contributed by atoms with Crippen molar-refractivity contribution in [3.63, 3.8) is 0 Å². The Kier molecular flexibility index (Phi) is 8.03. The van der Waals surface area contributed by atoms with Crippen molar-refractivity contribution in [1.29, 1.82) is 0 Å². The summed E-state index contributed by atoms with van der Waals surface area (Å²) in [7, 11) is 1.60. The third-order valence-corrected chi connectivity index (χ3v) is 7.12. The minimum atomic E-state index is -0.0148. The van der Waals surface area contributed by atoms with Crippen LogP contribution in [0.2, 0.25) is 5.02 Å². The van der Waals surface area contributed by atoms with Crippen molar-refractivity contribution in [2.75, 3.05) is 51.7 Å². The summed E-state index contributed by atoms with van der Waals surface area (Å²) in [5.74, 6) is 0.569. The number of hydrogen-bond acceptors (Lipinski definition) is 6. The van der Waals surface area contributed by atoms with E-state index in [1.165, 1.54) is 0 Å².